The maximum atomic E-state index is 5.31. The van der Waals surface area contributed by atoms with E-state index < -0.39 is 0 Å². The molecule has 0 saturated carbocycles. The summed E-state index contributed by atoms with van der Waals surface area (Å²) in [6, 6.07) is 0. The van der Waals surface area contributed by atoms with Gasteiger partial charge in [0.05, 0.1) is 24.7 Å². The van der Waals surface area contributed by atoms with E-state index in [0.29, 0.717) is 0 Å². The molecule has 0 spiro atoms. The number of ether oxygens (including phenoxy) is 1. The lowest BCUT2D eigenvalue weighted by atomic mass is 10.2. The average Bonchev–Trinajstić information content (AvgIpc) is 2.93. The minimum absolute atomic E-state index is 0.833. The first-order chi connectivity index (χ1) is 8.17. The molecular weight excluding hydrogens is 216 g/mol. The molecule has 2 rings (SSSR count). The van der Waals surface area contributed by atoms with Crippen molar-refractivity contribution in [2.75, 3.05) is 19.1 Å². The van der Waals surface area contributed by atoms with Gasteiger partial charge in [-0.25, -0.2) is 0 Å². The number of allylic oxidation sites excluding steroid dienone is 2. The molecule has 2 heterocycles. The lowest BCUT2D eigenvalue weighted by Gasteiger charge is -2.18. The zero-order valence-corrected chi connectivity index (χ0v) is 10.5. The number of hydrogen-bond donors (Lipinski definition) is 0. The van der Waals surface area contributed by atoms with Crippen LogP contribution in [0.1, 0.15) is 6.92 Å². The van der Waals surface area contributed by atoms with E-state index in [4.69, 9.17) is 4.74 Å². The van der Waals surface area contributed by atoms with Crippen LogP contribution < -0.4 is 4.90 Å². The van der Waals surface area contributed by atoms with Crippen LogP contribution in [-0.2, 0) is 11.8 Å². The lowest BCUT2D eigenvalue weighted by Crippen LogP contribution is -2.17. The highest BCUT2D eigenvalue weighted by molar-refractivity contribution is 6.14. The molecule has 1 aromatic heterocycles. The third-order valence-electron chi connectivity index (χ3n) is 2.71. The van der Waals surface area contributed by atoms with E-state index in [2.05, 4.69) is 10.1 Å². The summed E-state index contributed by atoms with van der Waals surface area (Å²) >= 11 is 0. The minimum atomic E-state index is 0.833. The Morgan fingerprint density at radius 3 is 2.76 bits per heavy atom. The van der Waals surface area contributed by atoms with Crippen molar-refractivity contribution in [3.63, 3.8) is 0 Å². The summed E-state index contributed by atoms with van der Waals surface area (Å²) < 4.78 is 7.08. The van der Waals surface area contributed by atoms with Crippen LogP contribution in [0.25, 0.3) is 0 Å². The lowest BCUT2D eigenvalue weighted by molar-refractivity contribution is 0.290. The van der Waals surface area contributed by atoms with Crippen molar-refractivity contribution in [1.82, 2.24) is 9.78 Å². The summed E-state index contributed by atoms with van der Waals surface area (Å²) in [4.78, 5) is 6.27. The van der Waals surface area contributed by atoms with Crippen molar-refractivity contribution in [3.05, 3.63) is 36.1 Å². The van der Waals surface area contributed by atoms with Crippen LogP contribution in [0.3, 0.4) is 0 Å². The molecule has 0 atom stereocenters. The van der Waals surface area contributed by atoms with E-state index in [-0.39, 0.29) is 0 Å². The van der Waals surface area contributed by atoms with Gasteiger partial charge in [0, 0.05) is 26.5 Å². The van der Waals surface area contributed by atoms with Crippen LogP contribution in [-0.4, -0.2) is 29.6 Å². The standard InChI is InChI=1S/C12H16N4O/c1-9(17-4)12-11(13-2)5-6-16(12)10-7-14-15(3)8-10/h5-8H,1-4H3/b12-9-,13-11?. The molecule has 0 fully saturated rings. The Morgan fingerprint density at radius 2 is 2.24 bits per heavy atom. The monoisotopic (exact) mass is 232 g/mol. The molecule has 0 radical (unpaired) electrons. The van der Waals surface area contributed by atoms with Gasteiger partial charge in [-0.15, -0.1) is 0 Å². The highest BCUT2D eigenvalue weighted by Gasteiger charge is 2.23. The van der Waals surface area contributed by atoms with Crippen LogP contribution in [0.4, 0.5) is 5.69 Å². The smallest absolute Gasteiger partial charge is 0.119 e. The van der Waals surface area contributed by atoms with Crippen LogP contribution in [0.2, 0.25) is 0 Å². The molecule has 17 heavy (non-hydrogen) atoms. The first-order valence-corrected chi connectivity index (χ1v) is 5.35. The number of methoxy groups -OCH3 is 1. The normalized spacial score (nSPS) is 20.2. The van der Waals surface area contributed by atoms with Gasteiger partial charge in [-0.1, -0.05) is 0 Å². The fourth-order valence-corrected chi connectivity index (χ4v) is 1.80. The van der Waals surface area contributed by atoms with E-state index in [1.807, 2.05) is 43.5 Å². The summed E-state index contributed by atoms with van der Waals surface area (Å²) in [7, 11) is 5.33. The van der Waals surface area contributed by atoms with E-state index in [1.54, 1.807) is 18.8 Å². The second-order valence-corrected chi connectivity index (χ2v) is 3.78. The Kier molecular flexibility index (Phi) is 2.99. The summed E-state index contributed by atoms with van der Waals surface area (Å²) in [6.45, 7) is 1.93. The summed E-state index contributed by atoms with van der Waals surface area (Å²) in [5.74, 6) is 0.833. The van der Waals surface area contributed by atoms with Gasteiger partial charge < -0.3 is 9.64 Å². The molecule has 5 nitrogen and oxygen atoms in total. The number of nitrogens with zero attached hydrogens (tertiary/aromatic N) is 4. The van der Waals surface area contributed by atoms with Gasteiger partial charge in [0.15, 0.2) is 0 Å². The molecule has 5 heteroatoms. The van der Waals surface area contributed by atoms with Crippen molar-refractivity contribution in [2.45, 2.75) is 6.92 Å². The summed E-state index contributed by atoms with van der Waals surface area (Å²) in [5.41, 5.74) is 2.87. The van der Waals surface area contributed by atoms with E-state index in [1.165, 1.54) is 0 Å². The number of rotatable bonds is 2. The molecule has 0 aromatic carbocycles. The highest BCUT2D eigenvalue weighted by Crippen LogP contribution is 2.27. The Bertz CT molecular complexity index is 510. The molecule has 1 aromatic rings. The van der Waals surface area contributed by atoms with Crippen LogP contribution >= 0.6 is 0 Å². The number of hydrogen-bond acceptors (Lipinski definition) is 4. The molecule has 1 aliphatic heterocycles. The van der Waals surface area contributed by atoms with Gasteiger partial charge in [0.25, 0.3) is 0 Å². The number of aromatic nitrogens is 2. The van der Waals surface area contributed by atoms with Crippen molar-refractivity contribution < 1.29 is 4.74 Å². The van der Waals surface area contributed by atoms with Crippen molar-refractivity contribution in [2.24, 2.45) is 12.0 Å². The van der Waals surface area contributed by atoms with Crippen LogP contribution in [0.15, 0.2) is 41.1 Å². The van der Waals surface area contributed by atoms with Gasteiger partial charge in [-0.05, 0) is 13.0 Å². The Balaban J connectivity index is 2.45. The predicted molar refractivity (Wildman–Crippen MR) is 67.9 cm³/mol. The van der Waals surface area contributed by atoms with Gasteiger partial charge >= 0.3 is 0 Å². The number of aliphatic imine (C=N–C) groups is 1. The minimum Gasteiger partial charge on any atom is -0.499 e. The number of anilines is 1. The molecular formula is C12H16N4O. The molecule has 0 N–H and O–H groups in total. The fraction of sp³-hybridized carbons (Fsp3) is 0.333. The fourth-order valence-electron chi connectivity index (χ4n) is 1.80. The van der Waals surface area contributed by atoms with E-state index >= 15 is 0 Å². The van der Waals surface area contributed by atoms with Crippen molar-refractivity contribution in [1.29, 1.82) is 0 Å². The predicted octanol–water partition coefficient (Wildman–Crippen LogP) is 1.70. The molecule has 90 valence electrons. The highest BCUT2D eigenvalue weighted by atomic mass is 16.5. The van der Waals surface area contributed by atoms with Gasteiger partial charge in [-0.3, -0.25) is 9.67 Å². The Labute approximate surface area is 101 Å². The topological polar surface area (TPSA) is 42.7 Å². The second kappa shape index (κ2) is 4.45. The van der Waals surface area contributed by atoms with Crippen molar-refractivity contribution >= 4 is 11.4 Å². The quantitative estimate of drug-likeness (QED) is 0.729. The molecule has 1 aliphatic rings. The third-order valence-corrected chi connectivity index (χ3v) is 2.71. The zero-order valence-electron chi connectivity index (χ0n) is 10.5. The van der Waals surface area contributed by atoms with Crippen LogP contribution in [0, 0.1) is 0 Å². The molecule has 0 amide bonds. The Hall–Kier alpha value is -2.04. The van der Waals surface area contributed by atoms with Crippen molar-refractivity contribution in [3.8, 4) is 0 Å². The van der Waals surface area contributed by atoms with Gasteiger partial charge in [0.2, 0.25) is 0 Å². The average molecular weight is 232 g/mol. The summed E-state index contributed by atoms with van der Waals surface area (Å²) in [6.07, 6.45) is 7.69. The largest absolute Gasteiger partial charge is 0.499 e. The van der Waals surface area contributed by atoms with Gasteiger partial charge in [-0.2, -0.15) is 5.10 Å². The van der Waals surface area contributed by atoms with Crippen LogP contribution in [0.5, 0.6) is 0 Å². The van der Waals surface area contributed by atoms with Gasteiger partial charge in [0.1, 0.15) is 11.5 Å². The number of aryl methyl sites for hydroxylation is 1. The maximum Gasteiger partial charge on any atom is 0.119 e. The van der Waals surface area contributed by atoms with E-state index in [9.17, 15) is 0 Å². The second-order valence-electron chi connectivity index (χ2n) is 3.78. The third kappa shape index (κ3) is 1.95. The SMILES string of the molecule is CN=C1C=CN(c2cnn(C)c2)/C1=C(/C)OC. The zero-order chi connectivity index (χ0) is 12.4. The first kappa shape index (κ1) is 11.4. The molecule has 0 unspecified atom stereocenters. The molecule has 0 bridgehead atoms. The van der Waals surface area contributed by atoms with E-state index in [0.717, 1.165) is 22.9 Å². The first-order valence-electron chi connectivity index (χ1n) is 5.35. The molecule has 0 aliphatic carbocycles. The summed E-state index contributed by atoms with van der Waals surface area (Å²) in [5, 5.41) is 4.17. The molecule has 0 saturated heterocycles. The maximum absolute atomic E-state index is 5.31. The Morgan fingerprint density at radius 1 is 1.47 bits per heavy atom.